The fraction of sp³-hybridized carbons (Fsp3) is 0.300. The van der Waals surface area contributed by atoms with Crippen molar-refractivity contribution in [1.82, 2.24) is 0 Å². The number of guanidine groups is 2. The molecule has 2 aliphatic rings. The first-order chi connectivity index (χ1) is 12.6. The highest BCUT2D eigenvalue weighted by atomic mass is 16.3. The summed E-state index contributed by atoms with van der Waals surface area (Å²) >= 11 is 0. The molecule has 0 unspecified atom stereocenters. The maximum absolute atomic E-state index is 9.52. The molecule has 1 spiro atoms. The summed E-state index contributed by atoms with van der Waals surface area (Å²) in [6, 6.07) is 15.3. The van der Waals surface area contributed by atoms with Crippen molar-refractivity contribution in [3.63, 3.8) is 0 Å². The van der Waals surface area contributed by atoms with E-state index in [1.807, 2.05) is 35.2 Å². The van der Waals surface area contributed by atoms with Crippen LogP contribution in [0.1, 0.15) is 32.1 Å². The zero-order chi connectivity index (χ0) is 18.1. The third-order valence-electron chi connectivity index (χ3n) is 5.16. The maximum Gasteiger partial charge on any atom is 0.220 e. The van der Waals surface area contributed by atoms with E-state index in [4.69, 9.17) is 16.5 Å². The van der Waals surface area contributed by atoms with Gasteiger partial charge in [-0.2, -0.15) is 4.99 Å². The Kier molecular flexibility index (Phi) is 4.03. The Morgan fingerprint density at radius 2 is 1.65 bits per heavy atom. The Hall–Kier alpha value is -3.02. The van der Waals surface area contributed by atoms with Crippen LogP contribution in [0.4, 0.5) is 5.69 Å². The predicted molar refractivity (Wildman–Crippen MR) is 105 cm³/mol. The van der Waals surface area contributed by atoms with Crippen molar-refractivity contribution in [3.8, 4) is 16.9 Å². The van der Waals surface area contributed by atoms with Crippen LogP contribution in [0.15, 0.2) is 58.5 Å². The molecule has 1 aliphatic carbocycles. The van der Waals surface area contributed by atoms with E-state index in [0.717, 1.165) is 42.5 Å². The average Bonchev–Trinajstić information content (AvgIpc) is 2.62. The lowest BCUT2D eigenvalue weighted by molar-refractivity contribution is 0.305. The molecule has 1 fully saturated rings. The predicted octanol–water partition coefficient (Wildman–Crippen LogP) is 3.17. The van der Waals surface area contributed by atoms with Crippen molar-refractivity contribution in [2.24, 2.45) is 21.5 Å². The van der Waals surface area contributed by atoms with Gasteiger partial charge >= 0.3 is 0 Å². The zero-order valence-electron chi connectivity index (χ0n) is 14.6. The normalized spacial score (nSPS) is 19.2. The third kappa shape index (κ3) is 2.87. The van der Waals surface area contributed by atoms with Crippen LogP contribution in [0.5, 0.6) is 5.75 Å². The zero-order valence-corrected chi connectivity index (χ0v) is 14.6. The van der Waals surface area contributed by atoms with Crippen LogP contribution < -0.4 is 16.4 Å². The Balaban J connectivity index is 1.77. The summed E-state index contributed by atoms with van der Waals surface area (Å²) < 4.78 is 0. The van der Waals surface area contributed by atoms with Crippen LogP contribution in [-0.2, 0) is 0 Å². The van der Waals surface area contributed by atoms with Crippen molar-refractivity contribution < 1.29 is 5.11 Å². The minimum Gasteiger partial charge on any atom is -0.508 e. The molecule has 0 aromatic heterocycles. The molecule has 0 atom stereocenters. The van der Waals surface area contributed by atoms with Gasteiger partial charge in [-0.05, 0) is 61.1 Å². The molecule has 1 aliphatic heterocycles. The molecule has 134 valence electrons. The summed E-state index contributed by atoms with van der Waals surface area (Å²) in [5.41, 5.74) is 14.8. The van der Waals surface area contributed by atoms with Gasteiger partial charge < -0.3 is 16.6 Å². The quantitative estimate of drug-likeness (QED) is 0.775. The summed E-state index contributed by atoms with van der Waals surface area (Å²) in [5.74, 6) is 0.904. The van der Waals surface area contributed by atoms with Gasteiger partial charge in [0.05, 0.1) is 0 Å². The molecule has 0 saturated heterocycles. The first-order valence-electron chi connectivity index (χ1n) is 8.97. The number of hydrogen-bond acceptors (Lipinski definition) is 6. The number of anilines is 1. The second-order valence-corrected chi connectivity index (χ2v) is 6.92. The minimum atomic E-state index is -0.443. The Labute approximate surface area is 152 Å². The number of nitrogens with zero attached hydrogens (tertiary/aromatic N) is 3. The highest BCUT2D eigenvalue weighted by Gasteiger charge is 2.42. The SMILES string of the molecule is NC1=NC2(CCCCC2)N(c2cccc(-c3ccc(O)cc3)c2)C(N)=N1. The lowest BCUT2D eigenvalue weighted by atomic mass is 9.87. The van der Waals surface area contributed by atoms with Gasteiger partial charge in [0.25, 0.3) is 0 Å². The Morgan fingerprint density at radius 1 is 0.923 bits per heavy atom. The fourth-order valence-electron chi connectivity index (χ4n) is 3.97. The van der Waals surface area contributed by atoms with Gasteiger partial charge in [-0.25, -0.2) is 4.99 Å². The van der Waals surface area contributed by atoms with E-state index >= 15 is 0 Å². The molecule has 1 heterocycles. The molecule has 6 heteroatoms. The maximum atomic E-state index is 9.52. The van der Waals surface area contributed by atoms with Gasteiger partial charge in [0.1, 0.15) is 11.4 Å². The van der Waals surface area contributed by atoms with E-state index in [9.17, 15) is 5.11 Å². The number of aromatic hydroxyl groups is 1. The van der Waals surface area contributed by atoms with Crippen LogP contribution in [0.2, 0.25) is 0 Å². The first kappa shape index (κ1) is 16.4. The molecule has 0 radical (unpaired) electrons. The van der Waals surface area contributed by atoms with Gasteiger partial charge in [0.2, 0.25) is 11.9 Å². The number of rotatable bonds is 2. The highest BCUT2D eigenvalue weighted by molar-refractivity contribution is 6.05. The fourth-order valence-corrected chi connectivity index (χ4v) is 3.97. The van der Waals surface area contributed by atoms with E-state index < -0.39 is 5.66 Å². The first-order valence-corrected chi connectivity index (χ1v) is 8.97. The number of benzene rings is 2. The Morgan fingerprint density at radius 3 is 2.38 bits per heavy atom. The lowest BCUT2D eigenvalue weighted by Crippen LogP contribution is -2.58. The molecule has 26 heavy (non-hydrogen) atoms. The van der Waals surface area contributed by atoms with Gasteiger partial charge in [0, 0.05) is 5.69 Å². The molecule has 0 bridgehead atoms. The van der Waals surface area contributed by atoms with Gasteiger partial charge in [-0.3, -0.25) is 4.90 Å². The molecule has 5 N–H and O–H groups in total. The third-order valence-corrected chi connectivity index (χ3v) is 5.16. The molecule has 2 aromatic carbocycles. The van der Waals surface area contributed by atoms with E-state index in [1.54, 1.807) is 12.1 Å². The van der Waals surface area contributed by atoms with Gasteiger partial charge in [-0.1, -0.05) is 30.7 Å². The Bertz CT molecular complexity index is 866. The van der Waals surface area contributed by atoms with Crippen molar-refractivity contribution in [2.75, 3.05) is 4.90 Å². The molecular weight excluding hydrogens is 326 g/mol. The molecule has 0 amide bonds. The average molecular weight is 349 g/mol. The van der Waals surface area contributed by atoms with Crippen LogP contribution in [0.3, 0.4) is 0 Å². The molecule has 1 saturated carbocycles. The van der Waals surface area contributed by atoms with Crippen molar-refractivity contribution in [1.29, 1.82) is 0 Å². The van der Waals surface area contributed by atoms with E-state index in [-0.39, 0.29) is 11.7 Å². The van der Waals surface area contributed by atoms with Crippen molar-refractivity contribution in [2.45, 2.75) is 37.8 Å². The second kappa shape index (κ2) is 6.37. The van der Waals surface area contributed by atoms with E-state index in [0.29, 0.717) is 5.96 Å². The van der Waals surface area contributed by atoms with Crippen LogP contribution in [0, 0.1) is 0 Å². The summed E-state index contributed by atoms with van der Waals surface area (Å²) in [4.78, 5) is 11.0. The standard InChI is InChI=1S/C20H23N5O/c21-18-23-19(22)25(20(24-18)11-2-1-3-12-20)16-6-4-5-15(13-16)14-7-9-17(26)10-8-14/h4-10,13,26H,1-3,11-12H2,(H4,21,22,23,24). The summed E-state index contributed by atoms with van der Waals surface area (Å²) in [6.45, 7) is 0. The lowest BCUT2D eigenvalue weighted by Gasteiger charge is -2.45. The molecular formula is C20H23N5O. The summed E-state index contributed by atoms with van der Waals surface area (Å²) in [5, 5.41) is 9.52. The topological polar surface area (TPSA) is 100 Å². The van der Waals surface area contributed by atoms with Crippen LogP contribution in [-0.4, -0.2) is 22.7 Å². The number of hydrogen-bond donors (Lipinski definition) is 3. The monoisotopic (exact) mass is 349 g/mol. The number of phenols is 1. The van der Waals surface area contributed by atoms with E-state index in [2.05, 4.69) is 11.1 Å². The largest absolute Gasteiger partial charge is 0.508 e. The van der Waals surface area contributed by atoms with E-state index in [1.165, 1.54) is 6.42 Å². The van der Waals surface area contributed by atoms with Gasteiger partial charge in [-0.15, -0.1) is 0 Å². The second-order valence-electron chi connectivity index (χ2n) is 6.92. The number of phenolic OH excluding ortho intramolecular Hbond substituents is 1. The summed E-state index contributed by atoms with van der Waals surface area (Å²) in [6.07, 6.45) is 5.22. The minimum absolute atomic E-state index is 0.253. The van der Waals surface area contributed by atoms with Crippen molar-refractivity contribution in [3.05, 3.63) is 48.5 Å². The van der Waals surface area contributed by atoms with Gasteiger partial charge in [0.15, 0.2) is 0 Å². The highest BCUT2D eigenvalue weighted by Crippen LogP contribution is 2.40. The number of aliphatic imine (C=N–C) groups is 2. The van der Waals surface area contributed by atoms with Crippen molar-refractivity contribution >= 4 is 17.6 Å². The summed E-state index contributed by atoms with van der Waals surface area (Å²) in [7, 11) is 0. The molecule has 4 rings (SSSR count). The van der Waals surface area contributed by atoms with Crippen LogP contribution >= 0.6 is 0 Å². The van der Waals surface area contributed by atoms with Crippen LogP contribution in [0.25, 0.3) is 11.1 Å². The number of nitrogens with two attached hydrogens (primary N) is 2. The smallest absolute Gasteiger partial charge is 0.220 e. The molecule has 2 aromatic rings. The molecule has 6 nitrogen and oxygen atoms in total.